The molecule has 0 bridgehead atoms. The molecular formula is C13H16N4O3S2. The van der Waals surface area contributed by atoms with Crippen molar-refractivity contribution in [2.24, 2.45) is 0 Å². The number of anilines is 1. The fourth-order valence-corrected chi connectivity index (χ4v) is 4.67. The Hall–Kier alpha value is -1.45. The Labute approximate surface area is 132 Å². The van der Waals surface area contributed by atoms with Crippen LogP contribution in [0.2, 0.25) is 0 Å². The van der Waals surface area contributed by atoms with Crippen LogP contribution < -0.4 is 4.72 Å². The molecule has 1 N–H and O–H groups in total. The van der Waals surface area contributed by atoms with Gasteiger partial charge in [-0.25, -0.2) is 0 Å². The third-order valence-electron chi connectivity index (χ3n) is 3.89. The van der Waals surface area contributed by atoms with Crippen LogP contribution in [0, 0.1) is 0 Å². The molecule has 2 fully saturated rings. The van der Waals surface area contributed by atoms with E-state index in [1.54, 1.807) is 6.07 Å². The molecule has 0 radical (unpaired) electrons. The second-order valence-corrected chi connectivity index (χ2v) is 8.20. The molecule has 22 heavy (non-hydrogen) atoms. The molecule has 1 saturated carbocycles. The summed E-state index contributed by atoms with van der Waals surface area (Å²) in [6.45, 7) is 1.14. The Morgan fingerprint density at radius 2 is 2.09 bits per heavy atom. The van der Waals surface area contributed by atoms with Crippen molar-refractivity contribution in [2.75, 3.05) is 17.8 Å². The first-order chi connectivity index (χ1) is 10.6. The number of thiophene rings is 1. The van der Waals surface area contributed by atoms with Gasteiger partial charge in [0.25, 0.3) is 5.89 Å². The molecule has 1 aliphatic heterocycles. The fraction of sp³-hybridized carbons (Fsp3) is 0.538. The van der Waals surface area contributed by atoms with Crippen molar-refractivity contribution >= 4 is 27.2 Å². The number of hydrogen-bond acceptors (Lipinski definition) is 6. The minimum atomic E-state index is -3.51. The molecule has 0 atom stereocenters. The average Bonchev–Trinajstić information content (AvgIpc) is 2.96. The lowest BCUT2D eigenvalue weighted by Crippen LogP contribution is -2.33. The molecule has 7 nitrogen and oxygen atoms in total. The van der Waals surface area contributed by atoms with E-state index < -0.39 is 10.2 Å². The third-order valence-corrected chi connectivity index (χ3v) is 6.31. The molecule has 3 heterocycles. The first kappa shape index (κ1) is 14.2. The second kappa shape index (κ2) is 5.32. The number of nitrogens with one attached hydrogen (secondary N) is 1. The van der Waals surface area contributed by atoms with E-state index in [1.165, 1.54) is 15.6 Å². The molecule has 4 rings (SSSR count). The highest BCUT2D eigenvalue weighted by Crippen LogP contribution is 2.40. The Bertz CT molecular complexity index is 773. The monoisotopic (exact) mass is 340 g/mol. The molecule has 0 spiro atoms. The summed E-state index contributed by atoms with van der Waals surface area (Å²) in [4.78, 5) is 5.06. The zero-order chi connectivity index (χ0) is 15.2. The zero-order valence-electron chi connectivity index (χ0n) is 11.9. The smallest absolute Gasteiger partial charge is 0.301 e. The minimum absolute atomic E-state index is 0.385. The molecule has 9 heteroatoms. The summed E-state index contributed by atoms with van der Waals surface area (Å²) in [6.07, 6.45) is 4.01. The molecule has 2 aromatic heterocycles. The van der Waals surface area contributed by atoms with Gasteiger partial charge in [-0.2, -0.15) is 17.7 Å². The van der Waals surface area contributed by atoms with Crippen LogP contribution in [0.3, 0.4) is 0 Å². The summed E-state index contributed by atoms with van der Waals surface area (Å²) in [5.41, 5.74) is 0.503. The van der Waals surface area contributed by atoms with Crippen molar-refractivity contribution in [3.8, 4) is 10.8 Å². The van der Waals surface area contributed by atoms with Gasteiger partial charge in [0, 0.05) is 19.0 Å². The van der Waals surface area contributed by atoms with Crippen LogP contribution >= 0.6 is 11.3 Å². The highest BCUT2D eigenvalue weighted by atomic mass is 32.2. The Kier molecular flexibility index (Phi) is 3.43. The normalized spacial score (nSPS) is 19.6. The van der Waals surface area contributed by atoms with Gasteiger partial charge in [0.1, 0.15) is 4.88 Å². The quantitative estimate of drug-likeness (QED) is 0.903. The SMILES string of the molecule is O=S(=O)(Nc1ccsc1-c1nc(C2CC2)no1)N1CCCC1. The standard InChI is InChI=1S/C13H16N4O3S2/c18-22(19,17-6-1-2-7-17)16-10-5-8-21-11(10)13-14-12(15-20-13)9-3-4-9/h5,8-9,16H,1-4,6-7H2. The van der Waals surface area contributed by atoms with E-state index in [1.807, 2.05) is 5.38 Å². The Balaban J connectivity index is 1.59. The lowest BCUT2D eigenvalue weighted by Gasteiger charge is -2.16. The highest BCUT2D eigenvalue weighted by molar-refractivity contribution is 7.90. The van der Waals surface area contributed by atoms with Crippen LogP contribution in [0.4, 0.5) is 5.69 Å². The predicted molar refractivity (Wildman–Crippen MR) is 82.9 cm³/mol. The van der Waals surface area contributed by atoms with E-state index in [0.29, 0.717) is 35.5 Å². The van der Waals surface area contributed by atoms with Gasteiger partial charge in [0.2, 0.25) is 0 Å². The molecule has 118 valence electrons. The molecule has 1 saturated heterocycles. The molecular weight excluding hydrogens is 324 g/mol. The van der Waals surface area contributed by atoms with Crippen LogP contribution in [0.1, 0.15) is 37.4 Å². The van der Waals surface area contributed by atoms with Crippen molar-refractivity contribution < 1.29 is 12.9 Å². The molecule has 2 aliphatic rings. The van der Waals surface area contributed by atoms with E-state index >= 15 is 0 Å². The average molecular weight is 340 g/mol. The number of aromatic nitrogens is 2. The topological polar surface area (TPSA) is 88.3 Å². The van der Waals surface area contributed by atoms with Gasteiger partial charge in [0.15, 0.2) is 5.82 Å². The van der Waals surface area contributed by atoms with Crippen LogP contribution in [0.15, 0.2) is 16.0 Å². The van der Waals surface area contributed by atoms with Crippen molar-refractivity contribution in [1.29, 1.82) is 0 Å². The van der Waals surface area contributed by atoms with Crippen molar-refractivity contribution in [2.45, 2.75) is 31.6 Å². The van der Waals surface area contributed by atoms with Gasteiger partial charge in [0.05, 0.1) is 5.69 Å². The zero-order valence-corrected chi connectivity index (χ0v) is 13.5. The number of hydrogen-bond donors (Lipinski definition) is 1. The molecule has 2 aromatic rings. The van der Waals surface area contributed by atoms with Gasteiger partial charge in [-0.15, -0.1) is 11.3 Å². The third kappa shape index (κ3) is 2.64. The van der Waals surface area contributed by atoms with Crippen LogP contribution in [0.5, 0.6) is 0 Å². The first-order valence-electron chi connectivity index (χ1n) is 7.33. The van der Waals surface area contributed by atoms with Crippen LogP contribution in [-0.2, 0) is 10.2 Å². The summed E-state index contributed by atoms with van der Waals surface area (Å²) in [5.74, 6) is 1.51. The Morgan fingerprint density at radius 1 is 1.32 bits per heavy atom. The first-order valence-corrected chi connectivity index (χ1v) is 9.65. The summed E-state index contributed by atoms with van der Waals surface area (Å²) < 4.78 is 34.1. The van der Waals surface area contributed by atoms with Crippen LogP contribution in [0.25, 0.3) is 10.8 Å². The lowest BCUT2D eigenvalue weighted by atomic mass is 10.4. The Morgan fingerprint density at radius 3 is 2.82 bits per heavy atom. The van der Waals surface area contributed by atoms with Crippen molar-refractivity contribution in [3.63, 3.8) is 0 Å². The van der Waals surface area contributed by atoms with E-state index in [9.17, 15) is 8.42 Å². The summed E-state index contributed by atoms with van der Waals surface area (Å²) in [6, 6.07) is 1.73. The number of rotatable bonds is 5. The van der Waals surface area contributed by atoms with Gasteiger partial charge < -0.3 is 4.52 Å². The summed E-state index contributed by atoms with van der Waals surface area (Å²) >= 11 is 1.39. The fourth-order valence-electron chi connectivity index (χ4n) is 2.52. The number of nitrogens with zero attached hydrogens (tertiary/aromatic N) is 3. The van der Waals surface area contributed by atoms with E-state index in [-0.39, 0.29) is 0 Å². The second-order valence-electron chi connectivity index (χ2n) is 5.61. The highest BCUT2D eigenvalue weighted by Gasteiger charge is 2.30. The molecule has 0 amide bonds. The van der Waals surface area contributed by atoms with E-state index in [0.717, 1.165) is 31.5 Å². The largest absolute Gasteiger partial charge is 0.333 e. The van der Waals surface area contributed by atoms with Gasteiger partial charge in [-0.1, -0.05) is 5.16 Å². The van der Waals surface area contributed by atoms with Crippen molar-refractivity contribution in [3.05, 3.63) is 17.3 Å². The summed E-state index contributed by atoms with van der Waals surface area (Å²) in [5, 5.41) is 5.80. The van der Waals surface area contributed by atoms with Crippen molar-refractivity contribution in [1.82, 2.24) is 14.4 Å². The van der Waals surface area contributed by atoms with Gasteiger partial charge in [-0.3, -0.25) is 4.72 Å². The van der Waals surface area contributed by atoms with Gasteiger partial charge >= 0.3 is 10.2 Å². The lowest BCUT2D eigenvalue weighted by molar-refractivity contribution is 0.423. The maximum Gasteiger partial charge on any atom is 0.301 e. The minimum Gasteiger partial charge on any atom is -0.333 e. The maximum absolute atomic E-state index is 12.4. The molecule has 0 unspecified atom stereocenters. The summed E-state index contributed by atoms with van der Waals surface area (Å²) in [7, 11) is -3.51. The van der Waals surface area contributed by atoms with Gasteiger partial charge in [-0.05, 0) is 37.1 Å². The predicted octanol–water partition coefficient (Wildman–Crippen LogP) is 2.43. The van der Waals surface area contributed by atoms with Crippen LogP contribution in [-0.4, -0.2) is 36.0 Å². The molecule has 1 aliphatic carbocycles. The van der Waals surface area contributed by atoms with E-state index in [4.69, 9.17) is 4.52 Å². The van der Waals surface area contributed by atoms with E-state index in [2.05, 4.69) is 14.9 Å². The molecule has 0 aromatic carbocycles. The maximum atomic E-state index is 12.4.